The van der Waals surface area contributed by atoms with Crippen LogP contribution in [0.4, 0.5) is 22.0 Å². The van der Waals surface area contributed by atoms with E-state index in [0.717, 1.165) is 6.92 Å². The third kappa shape index (κ3) is 7.12. The quantitative estimate of drug-likeness (QED) is 0.108. The van der Waals surface area contributed by atoms with E-state index in [1.165, 1.54) is 30.6 Å². The van der Waals surface area contributed by atoms with Crippen LogP contribution in [0.3, 0.4) is 0 Å². The average Bonchev–Trinajstić information content (AvgIpc) is 3.10. The van der Waals surface area contributed by atoms with E-state index in [4.69, 9.17) is 18.9 Å². The van der Waals surface area contributed by atoms with Crippen LogP contribution in [0.5, 0.6) is 17.2 Å². The number of carbonyl (C=O) groups excluding carboxylic acids is 5. The van der Waals surface area contributed by atoms with E-state index in [2.05, 4.69) is 0 Å². The maximum atomic E-state index is 13.9. The summed E-state index contributed by atoms with van der Waals surface area (Å²) in [4.78, 5) is 65.3. The number of ether oxygens (including phenoxy) is 4. The highest BCUT2D eigenvalue weighted by atomic mass is 19.4. The molecule has 19 heteroatoms. The number of esters is 1. The molecule has 5 rings (SSSR count). The average molecular weight is 774 g/mol. The summed E-state index contributed by atoms with van der Waals surface area (Å²) in [6, 6.07) is 2.19. The lowest BCUT2D eigenvalue weighted by Gasteiger charge is -2.43. The van der Waals surface area contributed by atoms with Crippen LogP contribution in [-0.4, -0.2) is 106 Å². The number of hydrogen-bond acceptors (Lipinski definition) is 13. The minimum absolute atomic E-state index is 0.0460. The molecule has 1 fully saturated rings. The second-order valence-electron chi connectivity index (χ2n) is 13.3. The second kappa shape index (κ2) is 14.8. The third-order valence-electron chi connectivity index (χ3n) is 9.67. The van der Waals surface area contributed by atoms with E-state index in [1.54, 1.807) is 6.92 Å². The van der Waals surface area contributed by atoms with Crippen LogP contribution in [-0.2, 0) is 35.0 Å². The zero-order chi connectivity index (χ0) is 40.1. The molecule has 294 valence electrons. The Labute approximate surface area is 303 Å². The van der Waals surface area contributed by atoms with Crippen molar-refractivity contribution in [1.29, 1.82) is 0 Å². The van der Waals surface area contributed by atoms with Gasteiger partial charge >= 0.3 is 24.0 Å². The number of halogens is 5. The van der Waals surface area contributed by atoms with Crippen molar-refractivity contribution in [2.75, 3.05) is 13.7 Å². The first kappa shape index (κ1) is 40.5. The van der Waals surface area contributed by atoms with E-state index < -0.39 is 137 Å². The lowest BCUT2D eigenvalue weighted by atomic mass is 9.72. The number of hydrogen-bond donors (Lipinski definition) is 5. The van der Waals surface area contributed by atoms with Gasteiger partial charge in [-0.25, -0.2) is 0 Å². The number of benzene rings is 2. The van der Waals surface area contributed by atoms with Gasteiger partial charge in [0, 0.05) is 42.4 Å². The normalized spacial score (nSPS) is 25.3. The van der Waals surface area contributed by atoms with E-state index >= 15 is 0 Å². The predicted octanol–water partition coefficient (Wildman–Crippen LogP) is 3.10. The van der Waals surface area contributed by atoms with Crippen molar-refractivity contribution < 1.29 is 85.3 Å². The highest BCUT2D eigenvalue weighted by molar-refractivity contribution is 6.31. The summed E-state index contributed by atoms with van der Waals surface area (Å²) in [6.45, 7) is 2.01. The number of aromatic hydroxyl groups is 2. The number of methoxy groups -OCH3 is 1. The van der Waals surface area contributed by atoms with Crippen molar-refractivity contribution in [3.63, 3.8) is 0 Å². The Morgan fingerprint density at radius 2 is 1.70 bits per heavy atom. The molecule has 6 atom stereocenters. The molecule has 2 aromatic carbocycles. The number of aliphatic hydroxyl groups excluding tert-OH is 1. The monoisotopic (exact) mass is 773 g/mol. The number of aliphatic hydroxyl groups is 2. The molecule has 0 bridgehead atoms. The van der Waals surface area contributed by atoms with Crippen LogP contribution in [0.25, 0.3) is 0 Å². The number of phenols is 2. The van der Waals surface area contributed by atoms with Gasteiger partial charge in [-0.05, 0) is 19.4 Å². The minimum atomic E-state index is -6.27. The fourth-order valence-corrected chi connectivity index (χ4v) is 6.77. The Hall–Kier alpha value is -4.72. The van der Waals surface area contributed by atoms with Crippen LogP contribution >= 0.6 is 0 Å². The molecule has 4 unspecified atom stereocenters. The number of carbonyl (C=O) groups is 5. The maximum Gasteiger partial charge on any atom is 0.463 e. The number of amides is 1. The second-order valence-corrected chi connectivity index (χ2v) is 13.3. The molecule has 54 heavy (non-hydrogen) atoms. The van der Waals surface area contributed by atoms with Crippen molar-refractivity contribution in [2.45, 2.75) is 101 Å². The largest absolute Gasteiger partial charge is 0.507 e. The first-order valence-electron chi connectivity index (χ1n) is 16.7. The van der Waals surface area contributed by atoms with Crippen LogP contribution in [0.2, 0.25) is 0 Å². The van der Waals surface area contributed by atoms with Crippen molar-refractivity contribution in [3.8, 4) is 17.2 Å². The first-order valence-corrected chi connectivity index (χ1v) is 16.7. The Balaban J connectivity index is 1.57. The molecule has 3 aliphatic rings. The van der Waals surface area contributed by atoms with Crippen LogP contribution < -0.4 is 10.1 Å². The molecule has 14 nitrogen and oxygen atoms in total. The number of rotatable bonds is 11. The van der Waals surface area contributed by atoms with E-state index in [0.29, 0.717) is 12.8 Å². The van der Waals surface area contributed by atoms with Gasteiger partial charge < -0.3 is 44.7 Å². The van der Waals surface area contributed by atoms with Gasteiger partial charge in [-0.3, -0.25) is 24.0 Å². The molecule has 2 aromatic rings. The molecule has 0 aromatic heterocycles. The lowest BCUT2D eigenvalue weighted by molar-refractivity contribution is -0.272. The maximum absolute atomic E-state index is 13.9. The molecular formula is C35H36F5NO13. The zero-order valence-electron chi connectivity index (χ0n) is 28.9. The number of nitrogens with one attached hydrogen (secondary N) is 1. The molecule has 1 aliphatic heterocycles. The molecule has 0 spiro atoms. The Morgan fingerprint density at radius 1 is 1.04 bits per heavy atom. The molecule has 1 saturated heterocycles. The molecule has 0 radical (unpaired) electrons. The fraction of sp³-hybridized carbons (Fsp3) is 0.514. The summed E-state index contributed by atoms with van der Waals surface area (Å²) >= 11 is 0. The highest BCUT2D eigenvalue weighted by Gasteiger charge is 2.64. The van der Waals surface area contributed by atoms with Gasteiger partial charge in [0.15, 0.2) is 18.7 Å². The van der Waals surface area contributed by atoms with Gasteiger partial charge in [0.25, 0.3) is 0 Å². The lowest BCUT2D eigenvalue weighted by Crippen LogP contribution is -2.60. The molecule has 2 aliphatic carbocycles. The van der Waals surface area contributed by atoms with Crippen molar-refractivity contribution >= 4 is 29.2 Å². The van der Waals surface area contributed by atoms with Gasteiger partial charge in [-0.1, -0.05) is 25.5 Å². The third-order valence-corrected chi connectivity index (χ3v) is 9.67. The number of fused-ring (bicyclic) bond motifs is 3. The number of phenolic OH excluding ortho intramolecular Hbond substituents is 2. The first-order chi connectivity index (χ1) is 25.2. The summed E-state index contributed by atoms with van der Waals surface area (Å²) in [5, 5.41) is 47.1. The summed E-state index contributed by atoms with van der Waals surface area (Å²) in [5.41, 5.74) is -5.32. The SMILES string of the molecule is CCCCC(=O)OCC(=O)[C@@]1(O)Cc2c(O)c3c(c(O)c2[C@@H](OC2CC(NC(=O)C(F)(F)C(F)(F)F)C(O)C(C)O2)C1)C(=O)c1c(OC)cccc1C3=O. The number of Topliss-reactive ketones (excluding diaryl/α,β-unsaturated/α-hetero) is 1. The van der Waals surface area contributed by atoms with E-state index in [9.17, 15) is 66.4 Å². The summed E-state index contributed by atoms with van der Waals surface area (Å²) in [5.74, 6) is -14.3. The van der Waals surface area contributed by atoms with E-state index in [-0.39, 0.29) is 23.3 Å². The predicted molar refractivity (Wildman–Crippen MR) is 170 cm³/mol. The Kier molecular flexibility index (Phi) is 11.1. The molecule has 5 N–H and O–H groups in total. The topological polar surface area (TPSA) is 215 Å². The van der Waals surface area contributed by atoms with Crippen LogP contribution in [0, 0.1) is 0 Å². The van der Waals surface area contributed by atoms with Gasteiger partial charge in [-0.15, -0.1) is 0 Å². The summed E-state index contributed by atoms with van der Waals surface area (Å²) < 4.78 is 88.1. The molecular weight excluding hydrogens is 737 g/mol. The van der Waals surface area contributed by atoms with Gasteiger partial charge in [0.05, 0.1) is 42.0 Å². The fourth-order valence-electron chi connectivity index (χ4n) is 6.77. The standard InChI is InChI=1S/C35H36F5NO13/c1-4-5-9-21(43)52-13-20(42)33(50)11-16-24(31(48)26-25(29(16)46)28(45)15-7-6-8-18(51-3)23(15)30(26)47)19(12-33)54-22-10-17(27(44)14(2)53-22)41-32(49)34(36,37)35(38,39)40/h6-8,14,17,19,22,27,44,46,48,50H,4-5,9-13H2,1-3H3,(H,41,49)/t14?,17?,19-,22?,27?,33+/m0/s1. The smallest absolute Gasteiger partial charge is 0.463 e. The van der Waals surface area contributed by atoms with Crippen LogP contribution in [0.15, 0.2) is 18.2 Å². The molecule has 1 amide bonds. The van der Waals surface area contributed by atoms with E-state index in [1.807, 2.05) is 0 Å². The van der Waals surface area contributed by atoms with Gasteiger partial charge in [-0.2, -0.15) is 22.0 Å². The summed E-state index contributed by atoms with van der Waals surface area (Å²) in [6.07, 6.45) is -14.5. The van der Waals surface area contributed by atoms with Gasteiger partial charge in [0.2, 0.25) is 11.6 Å². The molecule has 1 heterocycles. The zero-order valence-corrected chi connectivity index (χ0v) is 28.9. The Bertz CT molecular complexity index is 1880. The minimum Gasteiger partial charge on any atom is -0.507 e. The molecule has 0 saturated carbocycles. The number of ketones is 3. The van der Waals surface area contributed by atoms with Crippen molar-refractivity contribution in [1.82, 2.24) is 5.32 Å². The Morgan fingerprint density at radius 3 is 2.33 bits per heavy atom. The highest BCUT2D eigenvalue weighted by Crippen LogP contribution is 2.52. The van der Waals surface area contributed by atoms with Gasteiger partial charge in [0.1, 0.15) is 29.0 Å². The van der Waals surface area contributed by atoms with Crippen molar-refractivity contribution in [2.24, 2.45) is 0 Å². The van der Waals surface area contributed by atoms with Crippen molar-refractivity contribution in [3.05, 3.63) is 51.6 Å². The number of unbranched alkanes of at least 4 members (excludes halogenated alkanes) is 1. The van der Waals surface area contributed by atoms with Crippen LogP contribution in [0.1, 0.15) is 95.0 Å². The number of alkyl halides is 5. The summed E-state index contributed by atoms with van der Waals surface area (Å²) in [7, 11) is 1.22.